The predicted octanol–water partition coefficient (Wildman–Crippen LogP) is 16.1. The van der Waals surface area contributed by atoms with E-state index in [1.54, 1.807) is 0 Å². The van der Waals surface area contributed by atoms with Crippen molar-refractivity contribution < 1.29 is 43.1 Å². The molecule has 0 amide bonds. The Morgan fingerprint density at radius 1 is 0.250 bits per heavy atom. The van der Waals surface area contributed by atoms with E-state index in [0.29, 0.717) is 0 Å². The molecular formula is C74H122Br2N4. The molecule has 0 atom stereocenters. The summed E-state index contributed by atoms with van der Waals surface area (Å²) in [6, 6.07) is 26.3. The van der Waals surface area contributed by atoms with Crippen LogP contribution >= 0.6 is 0 Å². The van der Waals surface area contributed by atoms with Gasteiger partial charge in [0.2, 0.25) is 0 Å². The molecule has 0 bridgehead atoms. The smallest absolute Gasteiger partial charge is 0.169 e. The molecule has 0 fully saturated rings. The van der Waals surface area contributed by atoms with Crippen LogP contribution in [0.3, 0.4) is 0 Å². The van der Waals surface area contributed by atoms with Crippen LogP contribution in [0.15, 0.2) is 97.6 Å². The number of nitrogens with zero attached hydrogens (tertiary/aromatic N) is 4. The Hall–Kier alpha value is -3.22. The van der Waals surface area contributed by atoms with E-state index in [9.17, 15) is 0 Å². The van der Waals surface area contributed by atoms with Gasteiger partial charge in [-0.15, -0.1) is 0 Å². The second-order valence-corrected chi connectivity index (χ2v) is 23.8. The first-order chi connectivity index (χ1) is 38.4. The second-order valence-electron chi connectivity index (χ2n) is 23.8. The molecule has 0 unspecified atom stereocenters. The third-order valence-corrected chi connectivity index (χ3v) is 16.1. The number of aryl methyl sites for hydroxylation is 2. The van der Waals surface area contributed by atoms with E-state index < -0.39 is 0 Å². The lowest BCUT2D eigenvalue weighted by Crippen LogP contribution is -3.00. The van der Waals surface area contributed by atoms with Crippen molar-refractivity contribution in [2.45, 2.75) is 284 Å². The van der Waals surface area contributed by atoms with Crippen LogP contribution in [0, 0.1) is 0 Å². The maximum Gasteiger partial charge on any atom is 0.169 e. The lowest BCUT2D eigenvalue weighted by molar-refractivity contribution is -0.697. The van der Waals surface area contributed by atoms with Crippen molar-refractivity contribution in [1.29, 1.82) is 0 Å². The topological polar surface area (TPSA) is 14.2 Å². The average molecular weight is 1230 g/mol. The van der Waals surface area contributed by atoms with Crippen molar-refractivity contribution in [2.24, 2.45) is 0 Å². The number of pyridine rings is 2. The zero-order valence-corrected chi connectivity index (χ0v) is 56.0. The van der Waals surface area contributed by atoms with Crippen LogP contribution in [0.25, 0.3) is 24.3 Å². The van der Waals surface area contributed by atoms with Crippen LogP contribution < -0.4 is 52.9 Å². The van der Waals surface area contributed by atoms with Gasteiger partial charge in [0.25, 0.3) is 0 Å². The fourth-order valence-corrected chi connectivity index (χ4v) is 10.7. The van der Waals surface area contributed by atoms with Gasteiger partial charge in [0.15, 0.2) is 24.8 Å². The molecule has 0 radical (unpaired) electrons. The fraction of sp³-hybridized carbons (Fsp3) is 0.649. The molecule has 6 heteroatoms. The SMILES string of the molecule is CCCCCCCCCCCCCCCCCCCCCC[n+]1ccc(/C=C/c2ccc(N(C)C)cc2)cc1.CCCCCCCCCCCCCCCCCCCCCC[n+]1ccc(/C=C/c2ccc(N(C)C)cc2)cc1.[Br-].[Br-]. The van der Waals surface area contributed by atoms with Crippen molar-refractivity contribution >= 4 is 35.7 Å². The molecule has 0 aliphatic carbocycles. The molecule has 0 spiro atoms. The van der Waals surface area contributed by atoms with Crippen LogP contribution in [0.2, 0.25) is 0 Å². The quantitative estimate of drug-likeness (QED) is 0.0323. The minimum Gasteiger partial charge on any atom is -1.00 e. The van der Waals surface area contributed by atoms with Crippen LogP contribution in [0.4, 0.5) is 11.4 Å². The van der Waals surface area contributed by atoms with Gasteiger partial charge in [0.05, 0.1) is 0 Å². The average Bonchev–Trinajstić information content (AvgIpc) is 3.46. The van der Waals surface area contributed by atoms with Crippen molar-refractivity contribution in [1.82, 2.24) is 0 Å². The van der Waals surface area contributed by atoms with Gasteiger partial charge in [-0.3, -0.25) is 0 Å². The highest BCUT2D eigenvalue weighted by Crippen LogP contribution is 2.19. The summed E-state index contributed by atoms with van der Waals surface area (Å²) in [4.78, 5) is 4.26. The molecule has 4 nitrogen and oxygen atoms in total. The Bertz CT molecular complexity index is 1830. The summed E-state index contributed by atoms with van der Waals surface area (Å²) in [5.74, 6) is 0. The minimum absolute atomic E-state index is 0. The summed E-state index contributed by atoms with van der Waals surface area (Å²) in [6.45, 7) is 6.87. The molecule has 4 rings (SSSR count). The Morgan fingerprint density at radius 3 is 0.613 bits per heavy atom. The summed E-state index contributed by atoms with van der Waals surface area (Å²) < 4.78 is 4.66. The van der Waals surface area contributed by atoms with E-state index in [1.807, 2.05) is 0 Å². The molecule has 2 aromatic heterocycles. The third-order valence-electron chi connectivity index (χ3n) is 16.1. The van der Waals surface area contributed by atoms with Crippen molar-refractivity contribution in [3.05, 3.63) is 120 Å². The lowest BCUT2D eigenvalue weighted by atomic mass is 10.0. The zero-order valence-electron chi connectivity index (χ0n) is 52.8. The van der Waals surface area contributed by atoms with E-state index >= 15 is 0 Å². The Balaban J connectivity index is 0.000000780. The number of unbranched alkanes of at least 4 members (excludes halogenated alkanes) is 38. The summed E-state index contributed by atoms with van der Waals surface area (Å²) in [6.07, 6.45) is 75.2. The number of hydrogen-bond acceptors (Lipinski definition) is 2. The highest BCUT2D eigenvalue weighted by atomic mass is 79.9. The van der Waals surface area contributed by atoms with Gasteiger partial charge in [-0.1, -0.05) is 294 Å². The van der Waals surface area contributed by atoms with Gasteiger partial charge in [0, 0.05) is 76.7 Å². The van der Waals surface area contributed by atoms with Crippen LogP contribution in [0.1, 0.15) is 293 Å². The number of halogens is 2. The van der Waals surface area contributed by atoms with Gasteiger partial charge in [-0.25, -0.2) is 9.13 Å². The van der Waals surface area contributed by atoms with E-state index in [0.717, 1.165) is 13.1 Å². The first kappa shape index (κ1) is 74.8. The van der Waals surface area contributed by atoms with Crippen LogP contribution in [-0.2, 0) is 13.1 Å². The molecule has 0 saturated heterocycles. The van der Waals surface area contributed by atoms with E-state index in [4.69, 9.17) is 0 Å². The minimum atomic E-state index is 0. The molecule has 4 aromatic rings. The van der Waals surface area contributed by atoms with Crippen molar-refractivity contribution in [3.8, 4) is 0 Å². The number of aromatic nitrogens is 2. The maximum atomic E-state index is 2.33. The Morgan fingerprint density at radius 2 is 0.425 bits per heavy atom. The molecule has 0 saturated carbocycles. The monoisotopic (exact) mass is 1220 g/mol. The van der Waals surface area contributed by atoms with E-state index in [2.05, 4.69) is 183 Å². The largest absolute Gasteiger partial charge is 1.00 e. The standard InChI is InChI=1S/2C37H61N2.2BrH/c2*1-4-5-6-7-8-9-10-11-12-13-14-15-16-17-18-19-20-21-22-23-32-39-33-30-36(31-34-39)25-24-35-26-28-37(29-27-35)38(2)3;;/h2*24-31,33-34H,4-23,32H2,1-3H3;2*1H/q2*+1;;/p-2. The molecule has 0 aliphatic rings. The summed E-state index contributed by atoms with van der Waals surface area (Å²) in [7, 11) is 8.30. The van der Waals surface area contributed by atoms with Crippen molar-refractivity contribution in [2.75, 3.05) is 38.0 Å². The van der Waals surface area contributed by atoms with Crippen LogP contribution in [-0.4, -0.2) is 28.2 Å². The third kappa shape index (κ3) is 41.7. The number of hydrogen-bond donors (Lipinski definition) is 0. The predicted molar refractivity (Wildman–Crippen MR) is 349 cm³/mol. The molecule has 2 heterocycles. The molecule has 2 aromatic carbocycles. The lowest BCUT2D eigenvalue weighted by Gasteiger charge is -2.11. The highest BCUT2D eigenvalue weighted by Gasteiger charge is 2.04. The second kappa shape index (κ2) is 53.8. The van der Waals surface area contributed by atoms with Crippen molar-refractivity contribution in [3.63, 3.8) is 0 Å². The molecule has 0 N–H and O–H groups in total. The first-order valence-electron chi connectivity index (χ1n) is 33.3. The van der Waals surface area contributed by atoms with Gasteiger partial charge in [0.1, 0.15) is 13.1 Å². The number of benzene rings is 2. The highest BCUT2D eigenvalue weighted by molar-refractivity contribution is 5.71. The van der Waals surface area contributed by atoms with Gasteiger partial charge >= 0.3 is 0 Å². The Kier molecular flexibility index (Phi) is 50.3. The van der Waals surface area contributed by atoms with Gasteiger partial charge in [-0.05, 0) is 59.4 Å². The normalized spacial score (nSPS) is 11.2. The molecule has 0 aliphatic heterocycles. The van der Waals surface area contributed by atoms with E-state index in [1.165, 1.54) is 290 Å². The van der Waals surface area contributed by atoms with Gasteiger partial charge in [-0.2, -0.15) is 0 Å². The molecule has 452 valence electrons. The summed E-state index contributed by atoms with van der Waals surface area (Å²) in [5.41, 5.74) is 7.46. The first-order valence-corrected chi connectivity index (χ1v) is 33.3. The van der Waals surface area contributed by atoms with E-state index in [-0.39, 0.29) is 34.0 Å². The summed E-state index contributed by atoms with van der Waals surface area (Å²) in [5, 5.41) is 0. The molecular weight excluding hydrogens is 1100 g/mol. The van der Waals surface area contributed by atoms with Crippen LogP contribution in [0.5, 0.6) is 0 Å². The molecule has 80 heavy (non-hydrogen) atoms. The van der Waals surface area contributed by atoms with Gasteiger partial charge < -0.3 is 43.8 Å². The number of rotatable bonds is 48. The maximum absolute atomic E-state index is 2.33. The number of anilines is 2. The summed E-state index contributed by atoms with van der Waals surface area (Å²) >= 11 is 0. The zero-order chi connectivity index (χ0) is 55.6. The fourth-order valence-electron chi connectivity index (χ4n) is 10.7. The Labute approximate surface area is 517 Å².